The van der Waals surface area contributed by atoms with Crippen molar-refractivity contribution in [3.63, 3.8) is 0 Å². The number of carbonyl (C=O) groups is 1. The molecule has 0 unspecified atom stereocenters. The van der Waals surface area contributed by atoms with Crippen LogP contribution in [0, 0.1) is 0 Å². The quantitative estimate of drug-likeness (QED) is 0.307. The Bertz CT molecular complexity index is 1370. The van der Waals surface area contributed by atoms with Gasteiger partial charge in [0.15, 0.2) is 11.5 Å². The van der Waals surface area contributed by atoms with Crippen molar-refractivity contribution in [3.05, 3.63) is 82.4 Å². The number of aliphatic imine (C=N–C) groups is 1. The molecule has 0 radical (unpaired) electrons. The Hall–Kier alpha value is -3.75. The zero-order chi connectivity index (χ0) is 28.8. The third-order valence-corrected chi connectivity index (χ3v) is 8.00. The van der Waals surface area contributed by atoms with E-state index in [2.05, 4.69) is 9.89 Å². The Morgan fingerprint density at radius 3 is 2.00 bits per heavy atom. The first-order valence-corrected chi connectivity index (χ1v) is 14.2. The van der Waals surface area contributed by atoms with Gasteiger partial charge in [-0.15, -0.1) is 0 Å². The lowest BCUT2D eigenvalue weighted by Crippen LogP contribution is -2.45. The van der Waals surface area contributed by atoms with E-state index in [1.807, 2.05) is 53.4 Å². The van der Waals surface area contributed by atoms with Crippen LogP contribution in [0.1, 0.15) is 29.5 Å². The first kappa shape index (κ1) is 28.8. The molecular weight excluding hydrogens is 542 g/mol. The highest BCUT2D eigenvalue weighted by Crippen LogP contribution is 2.38. The summed E-state index contributed by atoms with van der Waals surface area (Å²) in [7, 11) is 4.91. The molecule has 8 nitrogen and oxygen atoms in total. The number of fused-ring (bicyclic) bond motifs is 4. The lowest BCUT2D eigenvalue weighted by Gasteiger charge is -2.31. The summed E-state index contributed by atoms with van der Waals surface area (Å²) in [5.41, 5.74) is 2.86. The van der Waals surface area contributed by atoms with Crippen molar-refractivity contribution in [2.45, 2.75) is 32.1 Å². The Kier molecular flexibility index (Phi) is 9.31. The molecule has 41 heavy (non-hydrogen) atoms. The number of methoxy groups -OCH3 is 2. The van der Waals surface area contributed by atoms with Gasteiger partial charge >= 0.3 is 0 Å². The van der Waals surface area contributed by atoms with Crippen LogP contribution in [0.2, 0.25) is 5.02 Å². The molecule has 0 aliphatic carbocycles. The molecule has 6 rings (SSSR count). The molecule has 0 aromatic heterocycles. The van der Waals surface area contributed by atoms with E-state index in [0.29, 0.717) is 34.3 Å². The Morgan fingerprint density at radius 2 is 1.44 bits per heavy atom. The second-order valence-corrected chi connectivity index (χ2v) is 10.6. The third-order valence-electron chi connectivity index (χ3n) is 7.72. The maximum absolute atomic E-state index is 13.8. The van der Waals surface area contributed by atoms with Crippen LogP contribution >= 0.6 is 11.6 Å². The molecule has 0 saturated carbocycles. The zero-order valence-electron chi connectivity index (χ0n) is 23.8. The number of nitrogens with zero attached hydrogens (tertiary/aromatic N) is 3. The van der Waals surface area contributed by atoms with Gasteiger partial charge in [-0.2, -0.15) is 0 Å². The van der Waals surface area contributed by atoms with E-state index in [1.54, 1.807) is 33.4 Å². The average Bonchev–Trinajstić information content (AvgIpc) is 3.34. The SMILES string of the molecule is CN=C(C(=O)N1CCN2CCC1CC2)c1cc(Cl)c(OCc2ccc(OC)cc2)c(OCc2ccc(OC)cc2)c1. The summed E-state index contributed by atoms with van der Waals surface area (Å²) in [6.07, 6.45) is 1.97. The van der Waals surface area contributed by atoms with E-state index >= 15 is 0 Å². The fraction of sp³-hybridized carbons (Fsp3) is 0.375. The summed E-state index contributed by atoms with van der Waals surface area (Å²) in [5.74, 6) is 2.30. The molecule has 1 amide bonds. The minimum atomic E-state index is -0.0784. The summed E-state index contributed by atoms with van der Waals surface area (Å²) < 4.78 is 23.0. The van der Waals surface area contributed by atoms with Crippen LogP contribution in [0.5, 0.6) is 23.0 Å². The molecule has 9 heteroatoms. The fourth-order valence-electron chi connectivity index (χ4n) is 5.35. The number of piperidine rings is 1. The van der Waals surface area contributed by atoms with Gasteiger partial charge in [0.1, 0.15) is 30.4 Å². The minimum Gasteiger partial charge on any atom is -0.497 e. The molecule has 2 bridgehead atoms. The topological polar surface area (TPSA) is 72.8 Å². The van der Waals surface area contributed by atoms with Crippen molar-refractivity contribution >= 4 is 23.2 Å². The van der Waals surface area contributed by atoms with Crippen molar-refractivity contribution in [1.82, 2.24) is 9.80 Å². The number of amides is 1. The molecule has 3 aliphatic heterocycles. The van der Waals surface area contributed by atoms with Gasteiger partial charge in [0.25, 0.3) is 5.91 Å². The van der Waals surface area contributed by atoms with Crippen LogP contribution in [-0.2, 0) is 18.0 Å². The highest BCUT2D eigenvalue weighted by Gasteiger charge is 2.34. The average molecular weight is 578 g/mol. The van der Waals surface area contributed by atoms with E-state index in [4.69, 9.17) is 30.5 Å². The molecule has 0 atom stereocenters. The van der Waals surface area contributed by atoms with Crippen LogP contribution in [0.25, 0.3) is 0 Å². The third kappa shape index (κ3) is 6.77. The van der Waals surface area contributed by atoms with Crippen molar-refractivity contribution in [3.8, 4) is 23.0 Å². The molecule has 0 N–H and O–H groups in total. The number of hydrogen-bond acceptors (Lipinski definition) is 7. The smallest absolute Gasteiger partial charge is 0.272 e. The highest BCUT2D eigenvalue weighted by atomic mass is 35.5. The largest absolute Gasteiger partial charge is 0.497 e. The van der Waals surface area contributed by atoms with E-state index in [9.17, 15) is 4.79 Å². The maximum Gasteiger partial charge on any atom is 0.272 e. The van der Waals surface area contributed by atoms with Gasteiger partial charge in [-0.3, -0.25) is 9.79 Å². The first-order chi connectivity index (χ1) is 20.0. The second-order valence-electron chi connectivity index (χ2n) is 10.2. The van der Waals surface area contributed by atoms with Gasteiger partial charge in [0, 0.05) is 44.8 Å². The number of rotatable bonds is 10. The molecule has 3 saturated heterocycles. The van der Waals surface area contributed by atoms with E-state index in [1.165, 1.54) is 0 Å². The summed E-state index contributed by atoms with van der Waals surface area (Å²) >= 11 is 6.82. The number of ether oxygens (including phenoxy) is 4. The normalized spacial score (nSPS) is 18.5. The number of hydrogen-bond donors (Lipinski definition) is 0. The molecule has 0 spiro atoms. The van der Waals surface area contributed by atoms with E-state index in [-0.39, 0.29) is 25.2 Å². The number of benzene rings is 3. The molecule has 3 aromatic carbocycles. The van der Waals surface area contributed by atoms with Gasteiger partial charge in [-0.05, 0) is 60.4 Å². The molecule has 3 aromatic rings. The number of halogens is 1. The van der Waals surface area contributed by atoms with E-state index < -0.39 is 0 Å². The lowest BCUT2D eigenvalue weighted by atomic mass is 10.0. The maximum atomic E-state index is 13.8. The van der Waals surface area contributed by atoms with Crippen LogP contribution in [-0.4, -0.2) is 74.9 Å². The van der Waals surface area contributed by atoms with E-state index in [0.717, 1.165) is 55.1 Å². The van der Waals surface area contributed by atoms with Gasteiger partial charge in [0.05, 0.1) is 19.2 Å². The van der Waals surface area contributed by atoms with Crippen LogP contribution in [0.4, 0.5) is 0 Å². The van der Waals surface area contributed by atoms with Crippen molar-refractivity contribution in [1.29, 1.82) is 0 Å². The van der Waals surface area contributed by atoms with Crippen molar-refractivity contribution in [2.24, 2.45) is 4.99 Å². The Labute approximate surface area is 246 Å². The van der Waals surface area contributed by atoms with Crippen LogP contribution in [0.15, 0.2) is 65.7 Å². The molecule has 3 heterocycles. The van der Waals surface area contributed by atoms with Crippen molar-refractivity contribution < 1.29 is 23.7 Å². The predicted octanol–water partition coefficient (Wildman–Crippen LogP) is 5.24. The summed E-state index contributed by atoms with van der Waals surface area (Å²) in [4.78, 5) is 22.7. The summed E-state index contributed by atoms with van der Waals surface area (Å²) in [6, 6.07) is 19.1. The molecule has 3 fully saturated rings. The van der Waals surface area contributed by atoms with Crippen LogP contribution in [0.3, 0.4) is 0 Å². The van der Waals surface area contributed by atoms with Crippen LogP contribution < -0.4 is 18.9 Å². The Morgan fingerprint density at radius 1 is 0.854 bits per heavy atom. The second kappa shape index (κ2) is 13.3. The van der Waals surface area contributed by atoms with Gasteiger partial charge in [-0.25, -0.2) is 0 Å². The van der Waals surface area contributed by atoms with Crippen molar-refractivity contribution in [2.75, 3.05) is 47.4 Å². The predicted molar refractivity (Wildman–Crippen MR) is 160 cm³/mol. The summed E-state index contributed by atoms with van der Waals surface area (Å²) in [5, 5.41) is 0.345. The minimum absolute atomic E-state index is 0.0784. The molecular formula is C32H36ClN3O5. The molecule has 216 valence electrons. The summed E-state index contributed by atoms with van der Waals surface area (Å²) in [6.45, 7) is 4.19. The number of carbonyl (C=O) groups excluding carboxylic acids is 1. The highest BCUT2D eigenvalue weighted by molar-refractivity contribution is 6.46. The Balaban J connectivity index is 1.42. The zero-order valence-corrected chi connectivity index (χ0v) is 24.5. The molecule has 3 aliphatic rings. The lowest BCUT2D eigenvalue weighted by molar-refractivity contribution is -0.125. The van der Waals surface area contributed by atoms with Gasteiger partial charge in [-0.1, -0.05) is 35.9 Å². The monoisotopic (exact) mass is 577 g/mol. The van der Waals surface area contributed by atoms with Gasteiger partial charge < -0.3 is 28.7 Å². The first-order valence-electron chi connectivity index (χ1n) is 13.8. The van der Waals surface area contributed by atoms with Gasteiger partial charge in [0.2, 0.25) is 0 Å². The standard InChI is InChI=1S/C32H36ClN3O5/c1-34-30(32(37)36-17-16-35-14-12-25(36)13-15-35)24-18-28(33)31(41-21-23-6-10-27(39-3)11-7-23)29(19-24)40-20-22-4-8-26(38-2)9-5-22/h4-11,18-19,25H,12-17,20-21H2,1-3H3. The fourth-order valence-corrected chi connectivity index (χ4v) is 5.62.